The molecule has 1 heterocycles. The van der Waals surface area contributed by atoms with Gasteiger partial charge in [-0.25, -0.2) is 4.98 Å². The van der Waals surface area contributed by atoms with E-state index < -0.39 is 4.92 Å². The minimum atomic E-state index is -0.555. The Kier molecular flexibility index (Phi) is 8.04. The van der Waals surface area contributed by atoms with Gasteiger partial charge < -0.3 is 4.74 Å². The zero-order valence-corrected chi connectivity index (χ0v) is 22.8. The van der Waals surface area contributed by atoms with Crippen molar-refractivity contribution >= 4 is 50.3 Å². The highest BCUT2D eigenvalue weighted by Crippen LogP contribution is 2.34. The van der Waals surface area contributed by atoms with Crippen LogP contribution in [0.5, 0.6) is 5.75 Å². The number of ether oxygens (including phenoxy) is 1. The van der Waals surface area contributed by atoms with Crippen LogP contribution >= 0.6 is 27.5 Å². The Morgan fingerprint density at radius 3 is 2.73 bits per heavy atom. The zero-order chi connectivity index (χ0) is 26.7. The Labute approximate surface area is 226 Å². The summed E-state index contributed by atoms with van der Waals surface area (Å²) in [5.41, 5.74) is 2.08. The van der Waals surface area contributed by atoms with E-state index in [0.29, 0.717) is 16.7 Å². The molecule has 0 aliphatic carbocycles. The van der Waals surface area contributed by atoms with Crippen LogP contribution in [-0.4, -0.2) is 20.8 Å². The highest BCUT2D eigenvalue weighted by atomic mass is 79.9. The molecule has 10 heteroatoms. The fourth-order valence-corrected chi connectivity index (χ4v) is 4.43. The number of aromatic nitrogens is 2. The fourth-order valence-electron chi connectivity index (χ4n) is 3.85. The molecule has 0 aliphatic heterocycles. The lowest BCUT2D eigenvalue weighted by atomic mass is 10.1. The molecular weight excluding hydrogens is 560 g/mol. The van der Waals surface area contributed by atoms with Crippen LogP contribution in [0.2, 0.25) is 5.02 Å². The highest BCUT2D eigenvalue weighted by molar-refractivity contribution is 9.10. The first-order valence-electron chi connectivity index (χ1n) is 11.6. The number of nitro benzene ring substituents is 1. The molecule has 0 saturated heterocycles. The molecule has 1 atom stereocenters. The summed E-state index contributed by atoms with van der Waals surface area (Å²) >= 11 is 9.61. The van der Waals surface area contributed by atoms with Crippen molar-refractivity contribution in [2.24, 2.45) is 5.10 Å². The molecule has 0 unspecified atom stereocenters. The van der Waals surface area contributed by atoms with Crippen LogP contribution in [0.1, 0.15) is 48.7 Å². The molecule has 4 rings (SSSR count). The average molecular weight is 584 g/mol. The van der Waals surface area contributed by atoms with Crippen LogP contribution in [0.25, 0.3) is 10.9 Å². The zero-order valence-electron chi connectivity index (χ0n) is 20.4. The van der Waals surface area contributed by atoms with Crippen LogP contribution in [0.15, 0.2) is 69.0 Å². The number of nitrogens with zero attached hydrogens (tertiary/aromatic N) is 4. The maximum Gasteiger partial charge on any atom is 0.313 e. The molecule has 3 aromatic carbocycles. The Hall–Kier alpha value is -3.56. The van der Waals surface area contributed by atoms with Crippen molar-refractivity contribution < 1.29 is 9.66 Å². The number of nitro groups is 1. The second-order valence-corrected chi connectivity index (χ2v) is 10.0. The van der Waals surface area contributed by atoms with Gasteiger partial charge in [-0.15, -0.1) is 0 Å². The van der Waals surface area contributed by atoms with Crippen LogP contribution in [-0.2, 0) is 6.61 Å². The second kappa shape index (κ2) is 11.2. The SMILES string of the molecule is CC[C@H](C)c1nc2ccc(Br)cc2c(=O)n1N=Cc1cc(Cl)cc([N+](=O)[O-])c1OCc1cccc(C)c1. The molecule has 0 amide bonds. The molecule has 8 nitrogen and oxygen atoms in total. The first-order valence-corrected chi connectivity index (χ1v) is 12.8. The summed E-state index contributed by atoms with van der Waals surface area (Å²) in [6.07, 6.45) is 2.08. The van der Waals surface area contributed by atoms with E-state index >= 15 is 0 Å². The summed E-state index contributed by atoms with van der Waals surface area (Å²) in [7, 11) is 0. The van der Waals surface area contributed by atoms with E-state index in [4.69, 9.17) is 21.3 Å². The van der Waals surface area contributed by atoms with Gasteiger partial charge in [-0.2, -0.15) is 9.78 Å². The Balaban J connectivity index is 1.84. The Morgan fingerprint density at radius 1 is 1.24 bits per heavy atom. The molecule has 0 N–H and O–H groups in total. The summed E-state index contributed by atoms with van der Waals surface area (Å²) < 4.78 is 7.90. The first kappa shape index (κ1) is 26.5. The molecule has 0 radical (unpaired) electrons. The standard InChI is InChI=1S/C27H24BrClN4O4/c1-4-17(3)26-31-23-9-8-20(28)12-22(23)27(34)32(26)30-14-19-11-21(29)13-24(33(35)36)25(19)37-15-18-7-5-6-16(2)10-18/h5-14,17H,4,15H2,1-3H3/t17-/m0/s1. The normalized spacial score (nSPS) is 12.2. The van der Waals surface area contributed by atoms with E-state index in [2.05, 4.69) is 21.0 Å². The molecule has 0 saturated carbocycles. The van der Waals surface area contributed by atoms with E-state index in [1.54, 1.807) is 12.1 Å². The summed E-state index contributed by atoms with van der Waals surface area (Å²) in [5, 5.41) is 16.8. The maximum atomic E-state index is 13.4. The van der Waals surface area contributed by atoms with Crippen LogP contribution in [0, 0.1) is 17.0 Å². The smallest absolute Gasteiger partial charge is 0.313 e. The van der Waals surface area contributed by atoms with Gasteiger partial charge >= 0.3 is 5.69 Å². The third kappa shape index (κ3) is 5.89. The van der Waals surface area contributed by atoms with Gasteiger partial charge in [-0.1, -0.05) is 71.2 Å². The molecule has 0 fully saturated rings. The second-order valence-electron chi connectivity index (χ2n) is 8.68. The predicted octanol–water partition coefficient (Wildman–Crippen LogP) is 7.00. The summed E-state index contributed by atoms with van der Waals surface area (Å²) in [6, 6.07) is 15.7. The third-order valence-electron chi connectivity index (χ3n) is 5.92. The van der Waals surface area contributed by atoms with E-state index in [9.17, 15) is 14.9 Å². The van der Waals surface area contributed by atoms with Crippen molar-refractivity contribution in [3.8, 4) is 5.75 Å². The van der Waals surface area contributed by atoms with Crippen molar-refractivity contribution in [1.82, 2.24) is 9.66 Å². The van der Waals surface area contributed by atoms with Gasteiger partial charge in [0.05, 0.1) is 22.0 Å². The van der Waals surface area contributed by atoms with Crippen molar-refractivity contribution in [1.29, 1.82) is 0 Å². The number of hydrogen-bond donors (Lipinski definition) is 0. The summed E-state index contributed by atoms with van der Waals surface area (Å²) in [5.74, 6) is 0.426. The van der Waals surface area contributed by atoms with Crippen LogP contribution in [0.3, 0.4) is 0 Å². The molecule has 0 bridgehead atoms. The third-order valence-corrected chi connectivity index (χ3v) is 6.64. The topological polar surface area (TPSA) is 99.6 Å². The van der Waals surface area contributed by atoms with Crippen LogP contribution < -0.4 is 10.3 Å². The van der Waals surface area contributed by atoms with Gasteiger partial charge in [-0.3, -0.25) is 14.9 Å². The molecule has 0 spiro atoms. The predicted molar refractivity (Wildman–Crippen MR) is 149 cm³/mol. The van der Waals surface area contributed by atoms with E-state index in [0.717, 1.165) is 22.0 Å². The van der Waals surface area contributed by atoms with Crippen molar-refractivity contribution in [3.63, 3.8) is 0 Å². The van der Waals surface area contributed by atoms with Crippen LogP contribution in [0.4, 0.5) is 5.69 Å². The maximum absolute atomic E-state index is 13.4. The number of aryl methyl sites for hydroxylation is 1. The van der Waals surface area contributed by atoms with Crippen molar-refractivity contribution in [2.75, 3.05) is 0 Å². The van der Waals surface area contributed by atoms with Gasteiger partial charge in [0.15, 0.2) is 0 Å². The van der Waals surface area contributed by atoms with Gasteiger partial charge in [0.1, 0.15) is 12.4 Å². The molecule has 0 aliphatic rings. The highest BCUT2D eigenvalue weighted by Gasteiger charge is 2.22. The van der Waals surface area contributed by atoms with Gasteiger partial charge in [0.25, 0.3) is 5.56 Å². The van der Waals surface area contributed by atoms with Crippen molar-refractivity contribution in [3.05, 3.63) is 107 Å². The lowest BCUT2D eigenvalue weighted by Crippen LogP contribution is -2.23. The number of hydrogen-bond acceptors (Lipinski definition) is 6. The molecule has 4 aromatic rings. The quantitative estimate of drug-likeness (QED) is 0.126. The monoisotopic (exact) mass is 582 g/mol. The average Bonchev–Trinajstić information content (AvgIpc) is 2.86. The largest absolute Gasteiger partial charge is 0.481 e. The van der Waals surface area contributed by atoms with E-state index in [1.807, 2.05) is 51.1 Å². The number of fused-ring (bicyclic) bond motifs is 1. The summed E-state index contributed by atoms with van der Waals surface area (Å²) in [6.45, 7) is 6.01. The van der Waals surface area contributed by atoms with Crippen molar-refractivity contribution in [2.45, 2.75) is 39.7 Å². The van der Waals surface area contributed by atoms with Gasteiger partial charge in [-0.05, 0) is 43.2 Å². The number of benzene rings is 3. The summed E-state index contributed by atoms with van der Waals surface area (Å²) in [4.78, 5) is 29.4. The Morgan fingerprint density at radius 2 is 2.03 bits per heavy atom. The van der Waals surface area contributed by atoms with Gasteiger partial charge in [0, 0.05) is 27.0 Å². The molecule has 190 valence electrons. The van der Waals surface area contributed by atoms with E-state index in [-0.39, 0.29) is 40.1 Å². The first-order chi connectivity index (χ1) is 17.7. The molecule has 1 aromatic heterocycles. The van der Waals surface area contributed by atoms with Gasteiger partial charge in [0.2, 0.25) is 5.75 Å². The molecule has 37 heavy (non-hydrogen) atoms. The van der Waals surface area contributed by atoms with E-state index in [1.165, 1.54) is 23.0 Å². The number of rotatable bonds is 8. The number of halogens is 2. The lowest BCUT2D eigenvalue weighted by molar-refractivity contribution is -0.385. The minimum Gasteiger partial charge on any atom is -0.481 e. The Bertz CT molecular complexity index is 1590. The fraction of sp³-hybridized carbons (Fsp3) is 0.222. The molecular formula is C27H24BrClN4O4. The minimum absolute atomic E-state index is 0.00860. The lowest BCUT2D eigenvalue weighted by Gasteiger charge is -2.14.